The Labute approximate surface area is 461 Å². The topological polar surface area (TPSA) is 242 Å². The minimum atomic E-state index is -3.92. The minimum Gasteiger partial charge on any atom is -0.748 e. The van der Waals surface area contributed by atoms with Gasteiger partial charge in [-0.3, -0.25) is 33.4 Å². The summed E-state index contributed by atoms with van der Waals surface area (Å²) in [5.74, 6) is -2.52. The third-order valence-electron chi connectivity index (χ3n) is 14.1. The minimum absolute atomic E-state index is 0.0207. The van der Waals surface area contributed by atoms with Gasteiger partial charge in [-0.05, 0) is 86.1 Å². The summed E-state index contributed by atoms with van der Waals surface area (Å²) in [6.45, 7) is 16.2. The SMILES string of the molecule is CC(C)CC(NC(=O)[C@H](CCc1ccccc1)CC(=O)C[N+]1(Cc2ccc(OC(=O)C(C)C)c(OCc3cn(C)nn3)c2)CCOCC1)C(=O)C[C@@H](Cc1ccccc1)C(=O)NC(CC(C)C)C(=O)C1(C)CC1.CS(=O)(=O)[O-]. The smallest absolute Gasteiger partial charge is 0.313 e. The third-order valence-corrected chi connectivity index (χ3v) is 14.1. The fourth-order valence-corrected chi connectivity index (χ4v) is 9.62. The largest absolute Gasteiger partial charge is 0.748 e. The highest BCUT2D eigenvalue weighted by atomic mass is 32.2. The summed E-state index contributed by atoms with van der Waals surface area (Å²) < 4.78 is 46.9. The quantitative estimate of drug-likeness (QED) is 0.0243. The molecule has 0 spiro atoms. The van der Waals surface area contributed by atoms with Crippen molar-refractivity contribution in [3.63, 3.8) is 0 Å². The van der Waals surface area contributed by atoms with Gasteiger partial charge >= 0.3 is 5.97 Å². The molecule has 1 aliphatic heterocycles. The Bertz CT molecular complexity index is 2730. The third kappa shape index (κ3) is 21.2. The molecule has 4 aromatic rings. The molecular formula is C59H82N6O12S. The van der Waals surface area contributed by atoms with Crippen LogP contribution < -0.4 is 20.1 Å². The average Bonchev–Trinajstić information content (AvgIpc) is 4.00. The Kier molecular flexibility index (Phi) is 23.4. The van der Waals surface area contributed by atoms with Crippen LogP contribution in [0.1, 0.15) is 116 Å². The molecule has 2 fully saturated rings. The zero-order valence-corrected chi connectivity index (χ0v) is 47.9. The molecule has 1 saturated carbocycles. The van der Waals surface area contributed by atoms with Gasteiger partial charge in [0.2, 0.25) is 11.8 Å². The molecule has 78 heavy (non-hydrogen) atoms. The van der Waals surface area contributed by atoms with Crippen molar-refractivity contribution in [2.45, 2.75) is 131 Å². The van der Waals surface area contributed by atoms with Crippen LogP contribution in [0, 0.1) is 35.0 Å². The van der Waals surface area contributed by atoms with Crippen LogP contribution in [0.25, 0.3) is 0 Å². The number of morpholine rings is 1. The number of hydrogen-bond acceptors (Lipinski definition) is 14. The van der Waals surface area contributed by atoms with Crippen LogP contribution >= 0.6 is 0 Å². The zero-order chi connectivity index (χ0) is 57.2. The first-order valence-corrected chi connectivity index (χ1v) is 29.1. The molecule has 1 saturated heterocycles. The Morgan fingerprint density at radius 3 is 1.92 bits per heavy atom. The Hall–Kier alpha value is -6.15. The number of carbonyl (C=O) groups is 6. The highest BCUT2D eigenvalue weighted by molar-refractivity contribution is 7.84. The molecule has 426 valence electrons. The standard InChI is InChI=1S/C58H78N6O9.CH4O3S/c1-39(2)29-49(51(66)34-46(31-43-17-13-10-14-18-43)56(69)60-50(30-40(3)4)54(67)58(7)23-24-58)59-55(68)45(21-19-42-15-11-9-12-16-42)33-48(65)37-64(25-27-71-28-26-64)36-44-20-22-52(73-57(70)41(5)6)53(32-44)72-38-47-35-63(8)62-61-47;1-5(2,3)4/h9-18,20,22,32,35,39-41,45-46,49-50H,19,21,23-31,33-34,36-38H2,1-8H3,(H-,59,60,68,69);1H3,(H,2,3,4)/t45-,46-,49?,50?;/m1./s1. The van der Waals surface area contributed by atoms with Gasteiger partial charge in [0.1, 0.15) is 38.5 Å². The fraction of sp³-hybridized carbons (Fsp3) is 0.559. The van der Waals surface area contributed by atoms with Gasteiger partial charge in [0.25, 0.3) is 0 Å². The number of ether oxygens (including phenoxy) is 3. The fourth-order valence-electron chi connectivity index (χ4n) is 9.62. The molecule has 19 heteroatoms. The van der Waals surface area contributed by atoms with Crippen LogP contribution in [0.3, 0.4) is 0 Å². The Morgan fingerprint density at radius 1 is 0.782 bits per heavy atom. The summed E-state index contributed by atoms with van der Waals surface area (Å²) in [7, 11) is -2.15. The Balaban J connectivity index is 0.00000214. The summed E-state index contributed by atoms with van der Waals surface area (Å²) >= 11 is 0. The molecule has 2 N–H and O–H groups in total. The number of amides is 2. The van der Waals surface area contributed by atoms with Gasteiger partial charge in [0.15, 0.2) is 28.8 Å². The molecule has 2 unspecified atom stereocenters. The summed E-state index contributed by atoms with van der Waals surface area (Å²) in [5, 5.41) is 14.3. The van der Waals surface area contributed by atoms with Crippen LogP contribution in [0.5, 0.6) is 11.5 Å². The lowest BCUT2D eigenvalue weighted by Crippen LogP contribution is -2.57. The number of nitrogens with one attached hydrogen (secondary N) is 2. The second-order valence-electron chi connectivity index (χ2n) is 22.8. The zero-order valence-electron chi connectivity index (χ0n) is 47.0. The lowest BCUT2D eigenvalue weighted by atomic mass is 9.87. The van der Waals surface area contributed by atoms with Crippen molar-refractivity contribution in [3.8, 4) is 11.5 Å². The number of ketones is 3. The maximum absolute atomic E-state index is 14.7. The van der Waals surface area contributed by atoms with E-state index in [1.54, 1.807) is 37.8 Å². The second kappa shape index (κ2) is 29.2. The second-order valence-corrected chi connectivity index (χ2v) is 24.2. The summed E-state index contributed by atoms with van der Waals surface area (Å²) in [6, 6.07) is 23.2. The first kappa shape index (κ1) is 62.7. The molecule has 4 atom stereocenters. The molecule has 3 aromatic carbocycles. The van der Waals surface area contributed by atoms with E-state index in [1.807, 2.05) is 107 Å². The van der Waals surface area contributed by atoms with Gasteiger partial charge < -0.3 is 33.9 Å². The van der Waals surface area contributed by atoms with Crippen LogP contribution in [0.2, 0.25) is 0 Å². The van der Waals surface area contributed by atoms with E-state index >= 15 is 0 Å². The molecule has 2 heterocycles. The normalized spacial score (nSPS) is 16.2. The summed E-state index contributed by atoms with van der Waals surface area (Å²) in [5.41, 5.74) is 2.93. The van der Waals surface area contributed by atoms with Crippen LogP contribution in [-0.2, 0) is 76.7 Å². The number of esters is 1. The first-order valence-electron chi connectivity index (χ1n) is 27.2. The molecular weight excluding hydrogens is 1020 g/mol. The van der Waals surface area contributed by atoms with E-state index < -0.39 is 45.4 Å². The van der Waals surface area contributed by atoms with Gasteiger partial charge in [-0.15, -0.1) is 5.10 Å². The molecule has 0 bridgehead atoms. The van der Waals surface area contributed by atoms with Crippen molar-refractivity contribution in [1.29, 1.82) is 0 Å². The molecule has 18 nitrogen and oxygen atoms in total. The van der Waals surface area contributed by atoms with E-state index in [0.29, 0.717) is 80.7 Å². The Morgan fingerprint density at radius 2 is 1.36 bits per heavy atom. The van der Waals surface area contributed by atoms with Crippen molar-refractivity contribution in [1.82, 2.24) is 25.6 Å². The van der Waals surface area contributed by atoms with Gasteiger partial charge in [-0.1, -0.05) is 114 Å². The van der Waals surface area contributed by atoms with E-state index in [1.165, 1.54) is 0 Å². The predicted molar refractivity (Wildman–Crippen MR) is 294 cm³/mol. The number of rotatable bonds is 29. The lowest BCUT2D eigenvalue weighted by molar-refractivity contribution is -0.940. The van der Waals surface area contributed by atoms with Gasteiger partial charge in [0, 0.05) is 49.0 Å². The maximum atomic E-state index is 14.7. The van der Waals surface area contributed by atoms with Crippen molar-refractivity contribution in [2.24, 2.45) is 42.1 Å². The van der Waals surface area contributed by atoms with E-state index in [4.69, 9.17) is 27.2 Å². The number of aryl methyl sites for hydroxylation is 2. The van der Waals surface area contributed by atoms with Gasteiger partial charge in [-0.25, -0.2) is 8.42 Å². The van der Waals surface area contributed by atoms with E-state index in [-0.39, 0.29) is 85.1 Å². The molecule has 0 radical (unpaired) electrons. The maximum Gasteiger partial charge on any atom is 0.313 e. The van der Waals surface area contributed by atoms with Gasteiger partial charge in [0.05, 0.1) is 47.5 Å². The highest BCUT2D eigenvalue weighted by Crippen LogP contribution is 2.47. The monoisotopic (exact) mass is 1100 g/mol. The number of aromatic nitrogens is 3. The van der Waals surface area contributed by atoms with Gasteiger partial charge in [-0.2, -0.15) is 0 Å². The average molecular weight is 1100 g/mol. The highest BCUT2D eigenvalue weighted by Gasteiger charge is 2.48. The van der Waals surface area contributed by atoms with Crippen molar-refractivity contribution in [3.05, 3.63) is 107 Å². The molecule has 2 amide bonds. The molecule has 1 aromatic heterocycles. The number of Topliss-reactive ketones (excluding diaryl/α,β-unsaturated/α-hetero) is 3. The van der Waals surface area contributed by atoms with Crippen LogP contribution in [0.15, 0.2) is 85.1 Å². The van der Waals surface area contributed by atoms with E-state index in [2.05, 4.69) is 20.9 Å². The summed E-state index contributed by atoms with van der Waals surface area (Å²) in [4.78, 5) is 84.7. The molecule has 1 aliphatic carbocycles. The first-order chi connectivity index (χ1) is 36.8. The molecule has 2 aliphatic rings. The molecule has 6 rings (SSSR count). The lowest BCUT2D eigenvalue weighted by Gasteiger charge is -2.41. The van der Waals surface area contributed by atoms with Crippen molar-refractivity contribution >= 4 is 45.3 Å². The van der Waals surface area contributed by atoms with E-state index in [0.717, 1.165) is 29.5 Å². The predicted octanol–water partition coefficient (Wildman–Crippen LogP) is 6.92. The number of hydrogen-bond donors (Lipinski definition) is 2. The van der Waals surface area contributed by atoms with Crippen molar-refractivity contribution in [2.75, 3.05) is 39.1 Å². The number of nitrogens with zero attached hydrogens (tertiary/aromatic N) is 4. The van der Waals surface area contributed by atoms with E-state index in [9.17, 15) is 28.8 Å². The number of carbonyl (C=O) groups excluding carboxylic acids is 6. The number of quaternary nitrogens is 1. The van der Waals surface area contributed by atoms with Crippen LogP contribution in [0.4, 0.5) is 0 Å². The van der Waals surface area contributed by atoms with Crippen LogP contribution in [-0.4, -0.2) is 119 Å². The van der Waals surface area contributed by atoms with Crippen molar-refractivity contribution < 1.29 is 60.4 Å². The summed E-state index contributed by atoms with van der Waals surface area (Å²) in [6.07, 6.45) is 5.81. The number of benzene rings is 3.